The van der Waals surface area contributed by atoms with Crippen LogP contribution in [0.15, 0.2) is 39.8 Å². The number of rotatable bonds is 4. The normalized spacial score (nSPS) is 11.5. The van der Waals surface area contributed by atoms with Gasteiger partial charge in [-0.05, 0) is 52.7 Å². The molecule has 0 bridgehead atoms. The molecule has 0 aliphatic heterocycles. The van der Waals surface area contributed by atoms with Gasteiger partial charge >= 0.3 is 0 Å². The number of thiophene rings is 1. The van der Waals surface area contributed by atoms with Crippen molar-refractivity contribution in [2.24, 2.45) is 4.99 Å². The Morgan fingerprint density at radius 2 is 2.00 bits per heavy atom. The van der Waals surface area contributed by atoms with Crippen molar-refractivity contribution in [1.29, 1.82) is 0 Å². The standard InChI is InChI=1S/C15H17BrFN3S/c1-10-3-5-12(21-10)9-20-15(18-2)19-8-11-4-6-13(16)14(17)7-11/h3-7H,8-9H2,1-2H3,(H2,18,19,20). The summed E-state index contributed by atoms with van der Waals surface area (Å²) in [4.78, 5) is 6.71. The van der Waals surface area contributed by atoms with Gasteiger partial charge in [0.1, 0.15) is 5.82 Å². The molecule has 21 heavy (non-hydrogen) atoms. The van der Waals surface area contributed by atoms with Crippen LogP contribution in [0, 0.1) is 12.7 Å². The average Bonchev–Trinajstić information content (AvgIpc) is 2.88. The highest BCUT2D eigenvalue weighted by Crippen LogP contribution is 2.16. The number of guanidine groups is 1. The average molecular weight is 370 g/mol. The van der Waals surface area contributed by atoms with E-state index in [2.05, 4.69) is 50.6 Å². The van der Waals surface area contributed by atoms with Crippen LogP contribution in [0.3, 0.4) is 0 Å². The Morgan fingerprint density at radius 1 is 1.24 bits per heavy atom. The molecule has 0 aliphatic carbocycles. The molecule has 0 aliphatic rings. The second kappa shape index (κ2) is 7.56. The Labute approximate surface area is 136 Å². The van der Waals surface area contributed by atoms with Gasteiger partial charge in [0.25, 0.3) is 0 Å². The fourth-order valence-corrected chi connectivity index (χ4v) is 2.88. The monoisotopic (exact) mass is 369 g/mol. The lowest BCUT2D eigenvalue weighted by molar-refractivity contribution is 0.618. The van der Waals surface area contributed by atoms with Crippen LogP contribution in [0.4, 0.5) is 4.39 Å². The lowest BCUT2D eigenvalue weighted by atomic mass is 10.2. The van der Waals surface area contributed by atoms with E-state index in [1.54, 1.807) is 24.5 Å². The quantitative estimate of drug-likeness (QED) is 0.634. The van der Waals surface area contributed by atoms with Gasteiger partial charge in [0.2, 0.25) is 0 Å². The van der Waals surface area contributed by atoms with Gasteiger partial charge < -0.3 is 10.6 Å². The van der Waals surface area contributed by atoms with Gasteiger partial charge in [0.05, 0.1) is 11.0 Å². The number of benzene rings is 1. The molecule has 3 nitrogen and oxygen atoms in total. The zero-order valence-corrected chi connectivity index (χ0v) is 14.3. The molecule has 2 rings (SSSR count). The van der Waals surface area contributed by atoms with Gasteiger partial charge in [-0.1, -0.05) is 6.07 Å². The van der Waals surface area contributed by atoms with Gasteiger partial charge in [0, 0.05) is 23.3 Å². The Kier molecular flexibility index (Phi) is 5.76. The summed E-state index contributed by atoms with van der Waals surface area (Å²) in [6.45, 7) is 3.34. The smallest absolute Gasteiger partial charge is 0.191 e. The van der Waals surface area contributed by atoms with Gasteiger partial charge in [0.15, 0.2) is 5.96 Å². The lowest BCUT2D eigenvalue weighted by Gasteiger charge is -2.11. The third-order valence-electron chi connectivity index (χ3n) is 2.89. The molecular formula is C15H17BrFN3S. The van der Waals surface area contributed by atoms with Crippen molar-refractivity contribution >= 4 is 33.2 Å². The molecule has 0 saturated heterocycles. The molecule has 1 aromatic carbocycles. The van der Waals surface area contributed by atoms with Crippen LogP contribution in [0.25, 0.3) is 0 Å². The molecule has 0 unspecified atom stereocenters. The number of nitrogens with zero attached hydrogens (tertiary/aromatic N) is 1. The summed E-state index contributed by atoms with van der Waals surface area (Å²) in [5.41, 5.74) is 0.866. The predicted octanol–water partition coefficient (Wildman–Crippen LogP) is 3.82. The molecule has 0 fully saturated rings. The Hall–Kier alpha value is -1.40. The first-order chi connectivity index (χ1) is 10.1. The van der Waals surface area contributed by atoms with E-state index in [0.29, 0.717) is 17.0 Å². The fourth-order valence-electron chi connectivity index (χ4n) is 1.81. The van der Waals surface area contributed by atoms with E-state index < -0.39 is 0 Å². The first-order valence-electron chi connectivity index (χ1n) is 6.52. The second-order valence-corrected chi connectivity index (χ2v) is 6.77. The number of aryl methyl sites for hydroxylation is 1. The number of hydrogen-bond acceptors (Lipinski definition) is 2. The lowest BCUT2D eigenvalue weighted by Crippen LogP contribution is -2.36. The zero-order chi connectivity index (χ0) is 15.2. The first-order valence-corrected chi connectivity index (χ1v) is 8.13. The van der Waals surface area contributed by atoms with Crippen molar-refractivity contribution in [2.45, 2.75) is 20.0 Å². The van der Waals surface area contributed by atoms with Crippen molar-refractivity contribution in [1.82, 2.24) is 10.6 Å². The van der Waals surface area contributed by atoms with Crippen LogP contribution < -0.4 is 10.6 Å². The maximum absolute atomic E-state index is 13.4. The van der Waals surface area contributed by atoms with E-state index in [9.17, 15) is 4.39 Å². The summed E-state index contributed by atoms with van der Waals surface area (Å²) in [6, 6.07) is 9.28. The van der Waals surface area contributed by atoms with E-state index in [1.807, 2.05) is 6.07 Å². The van der Waals surface area contributed by atoms with Crippen LogP contribution in [0.1, 0.15) is 15.3 Å². The SMILES string of the molecule is CN=C(NCc1ccc(Br)c(F)c1)NCc1ccc(C)s1. The molecule has 1 heterocycles. The maximum atomic E-state index is 13.4. The molecule has 0 amide bonds. The predicted molar refractivity (Wildman–Crippen MR) is 90.2 cm³/mol. The highest BCUT2D eigenvalue weighted by atomic mass is 79.9. The molecule has 0 saturated carbocycles. The zero-order valence-electron chi connectivity index (χ0n) is 11.9. The van der Waals surface area contributed by atoms with Gasteiger partial charge in [-0.3, -0.25) is 4.99 Å². The maximum Gasteiger partial charge on any atom is 0.191 e. The summed E-state index contributed by atoms with van der Waals surface area (Å²) in [5, 5.41) is 6.41. The summed E-state index contributed by atoms with van der Waals surface area (Å²) < 4.78 is 13.9. The summed E-state index contributed by atoms with van der Waals surface area (Å²) in [7, 11) is 1.72. The molecule has 6 heteroatoms. The van der Waals surface area contributed by atoms with Gasteiger partial charge in [-0.2, -0.15) is 0 Å². The molecule has 2 aromatic rings. The molecule has 0 radical (unpaired) electrons. The Bertz CT molecular complexity index is 640. The van der Waals surface area contributed by atoms with E-state index in [0.717, 1.165) is 12.1 Å². The van der Waals surface area contributed by atoms with E-state index >= 15 is 0 Å². The molecule has 1 aromatic heterocycles. The van der Waals surface area contributed by atoms with Crippen molar-refractivity contribution < 1.29 is 4.39 Å². The van der Waals surface area contributed by atoms with Crippen molar-refractivity contribution in [3.8, 4) is 0 Å². The third kappa shape index (κ3) is 4.82. The molecular weight excluding hydrogens is 353 g/mol. The van der Waals surface area contributed by atoms with Crippen LogP contribution in [-0.4, -0.2) is 13.0 Å². The van der Waals surface area contributed by atoms with Gasteiger partial charge in [-0.15, -0.1) is 11.3 Å². The molecule has 0 atom stereocenters. The molecule has 2 N–H and O–H groups in total. The summed E-state index contributed by atoms with van der Waals surface area (Å²) in [6.07, 6.45) is 0. The summed E-state index contributed by atoms with van der Waals surface area (Å²) in [5.74, 6) is 0.440. The minimum absolute atomic E-state index is 0.258. The fraction of sp³-hybridized carbons (Fsp3) is 0.267. The Morgan fingerprint density at radius 3 is 2.62 bits per heavy atom. The molecule has 112 valence electrons. The van der Waals surface area contributed by atoms with Crippen LogP contribution in [0.5, 0.6) is 0 Å². The highest BCUT2D eigenvalue weighted by Gasteiger charge is 2.03. The van der Waals surface area contributed by atoms with Crippen molar-refractivity contribution in [2.75, 3.05) is 7.05 Å². The van der Waals surface area contributed by atoms with Crippen LogP contribution in [0.2, 0.25) is 0 Å². The highest BCUT2D eigenvalue weighted by molar-refractivity contribution is 9.10. The number of halogens is 2. The topological polar surface area (TPSA) is 36.4 Å². The largest absolute Gasteiger partial charge is 0.352 e. The molecule has 0 spiro atoms. The minimum atomic E-state index is -0.258. The van der Waals surface area contributed by atoms with E-state index in [-0.39, 0.29) is 5.82 Å². The second-order valence-electron chi connectivity index (χ2n) is 4.54. The summed E-state index contributed by atoms with van der Waals surface area (Å²) >= 11 is 4.90. The number of aliphatic imine (C=N–C) groups is 1. The van der Waals surface area contributed by atoms with Crippen molar-refractivity contribution in [3.05, 3.63) is 55.9 Å². The third-order valence-corrected chi connectivity index (χ3v) is 4.54. The number of nitrogens with one attached hydrogen (secondary N) is 2. The van der Waals surface area contributed by atoms with Crippen LogP contribution >= 0.6 is 27.3 Å². The first kappa shape index (κ1) is 16.0. The van der Waals surface area contributed by atoms with E-state index in [1.165, 1.54) is 15.8 Å². The van der Waals surface area contributed by atoms with Crippen molar-refractivity contribution in [3.63, 3.8) is 0 Å². The van der Waals surface area contributed by atoms with E-state index in [4.69, 9.17) is 0 Å². The van der Waals surface area contributed by atoms with Crippen LogP contribution in [-0.2, 0) is 13.1 Å². The van der Waals surface area contributed by atoms with Gasteiger partial charge in [-0.25, -0.2) is 4.39 Å². The number of hydrogen-bond donors (Lipinski definition) is 2. The Balaban J connectivity index is 1.86. The minimum Gasteiger partial charge on any atom is -0.352 e.